The zero-order valence-electron chi connectivity index (χ0n) is 24.5. The second kappa shape index (κ2) is 13.3. The number of nitrogens with one attached hydrogen (secondary N) is 2. The summed E-state index contributed by atoms with van der Waals surface area (Å²) in [4.78, 5) is 34.7. The van der Waals surface area contributed by atoms with E-state index in [1.165, 1.54) is 68.5 Å². The molecule has 1 aliphatic carbocycles. The number of imidazole rings is 1. The quantitative estimate of drug-likeness (QED) is 0.181. The third kappa shape index (κ3) is 7.06. The zero-order valence-corrected chi connectivity index (χ0v) is 24.5. The van der Waals surface area contributed by atoms with E-state index >= 15 is 0 Å². The van der Waals surface area contributed by atoms with Crippen molar-refractivity contribution < 1.29 is 22.8 Å². The number of fused-ring (bicyclic) bond motifs is 1. The molecule has 1 saturated carbocycles. The van der Waals surface area contributed by atoms with E-state index in [0.29, 0.717) is 11.2 Å². The van der Waals surface area contributed by atoms with E-state index < -0.39 is 29.3 Å². The summed E-state index contributed by atoms with van der Waals surface area (Å²) in [5, 5.41) is 5.10. The lowest BCUT2D eigenvalue weighted by atomic mass is 9.85. The van der Waals surface area contributed by atoms with Crippen molar-refractivity contribution in [3.05, 3.63) is 119 Å². The first-order valence-corrected chi connectivity index (χ1v) is 15.1. The highest BCUT2D eigenvalue weighted by atomic mass is 19.2. The molecule has 0 spiro atoms. The van der Waals surface area contributed by atoms with Crippen LogP contribution in [-0.4, -0.2) is 26.2 Å². The first-order chi connectivity index (χ1) is 21.8. The first kappa shape index (κ1) is 30.1. The average Bonchev–Trinajstić information content (AvgIpc) is 3.49. The lowest BCUT2D eigenvalue weighted by Crippen LogP contribution is -2.23. The molecule has 0 radical (unpaired) electrons. The number of benzene rings is 2. The number of hydrogen-bond acceptors (Lipinski definition) is 4. The van der Waals surface area contributed by atoms with Crippen LogP contribution < -0.4 is 10.6 Å². The van der Waals surface area contributed by atoms with Gasteiger partial charge in [-0.3, -0.25) is 19.0 Å². The van der Waals surface area contributed by atoms with Crippen LogP contribution in [0.2, 0.25) is 0 Å². The Labute approximate surface area is 258 Å². The molecule has 0 aliphatic heterocycles. The Kier molecular flexibility index (Phi) is 8.91. The van der Waals surface area contributed by atoms with Crippen LogP contribution in [0.5, 0.6) is 0 Å². The summed E-state index contributed by atoms with van der Waals surface area (Å²) in [6.07, 6.45) is 15.7. The number of hydrogen-bond donors (Lipinski definition) is 2. The normalized spacial score (nSPS) is 13.6. The monoisotopic (exact) mass is 611 g/mol. The Bertz CT molecular complexity index is 1870. The van der Waals surface area contributed by atoms with Gasteiger partial charge in [0.2, 0.25) is 0 Å². The van der Waals surface area contributed by atoms with Gasteiger partial charge >= 0.3 is 0 Å². The fourth-order valence-corrected chi connectivity index (χ4v) is 5.84. The van der Waals surface area contributed by atoms with Gasteiger partial charge in [0.1, 0.15) is 17.2 Å². The number of pyridine rings is 2. The predicted molar refractivity (Wildman–Crippen MR) is 165 cm³/mol. The SMILES string of the molecule is O=C(NCc1ccc(F)c(F)c1)c1ccc(F)c(NC(=O)c2cnc3cc(-c4cncc(CCC5CCCCC5)c4)ccn23)c1. The van der Waals surface area contributed by atoms with Gasteiger partial charge in [-0.05, 0) is 84.0 Å². The number of aryl methyl sites for hydroxylation is 1. The summed E-state index contributed by atoms with van der Waals surface area (Å²) < 4.78 is 42.9. The van der Waals surface area contributed by atoms with Crippen LogP contribution in [0.25, 0.3) is 16.8 Å². The maximum atomic E-state index is 14.7. The van der Waals surface area contributed by atoms with Crippen LogP contribution in [0.15, 0.2) is 79.4 Å². The molecule has 1 aliphatic rings. The fourth-order valence-electron chi connectivity index (χ4n) is 5.84. The molecule has 0 bridgehead atoms. The molecule has 0 saturated heterocycles. The van der Waals surface area contributed by atoms with Gasteiger partial charge in [0.25, 0.3) is 11.8 Å². The van der Waals surface area contributed by atoms with Crippen LogP contribution in [-0.2, 0) is 13.0 Å². The minimum Gasteiger partial charge on any atom is -0.348 e. The topological polar surface area (TPSA) is 88.4 Å². The molecule has 1 fully saturated rings. The van der Waals surface area contributed by atoms with Crippen LogP contribution in [0.1, 0.15) is 70.5 Å². The molecular weight excluding hydrogens is 579 g/mol. The number of aromatic nitrogens is 3. The largest absolute Gasteiger partial charge is 0.348 e. The van der Waals surface area contributed by atoms with Gasteiger partial charge in [0.05, 0.1) is 11.9 Å². The van der Waals surface area contributed by atoms with Crippen molar-refractivity contribution in [2.24, 2.45) is 5.92 Å². The van der Waals surface area contributed by atoms with Crippen molar-refractivity contribution >= 4 is 23.1 Å². The van der Waals surface area contributed by atoms with Gasteiger partial charge in [-0.2, -0.15) is 0 Å². The van der Waals surface area contributed by atoms with E-state index in [4.69, 9.17) is 0 Å². The number of amides is 2. The van der Waals surface area contributed by atoms with E-state index in [9.17, 15) is 22.8 Å². The second-order valence-electron chi connectivity index (χ2n) is 11.5. The number of nitrogens with zero attached hydrogens (tertiary/aromatic N) is 3. The smallest absolute Gasteiger partial charge is 0.274 e. The number of anilines is 1. The van der Waals surface area contributed by atoms with Gasteiger partial charge in [0, 0.05) is 36.3 Å². The maximum Gasteiger partial charge on any atom is 0.274 e. The van der Waals surface area contributed by atoms with Crippen LogP contribution in [0.3, 0.4) is 0 Å². The summed E-state index contributed by atoms with van der Waals surface area (Å²) in [7, 11) is 0. The highest BCUT2D eigenvalue weighted by molar-refractivity contribution is 6.04. The molecule has 6 rings (SSSR count). The Morgan fingerprint density at radius 3 is 2.44 bits per heavy atom. The minimum atomic E-state index is -1.02. The Balaban J connectivity index is 1.13. The van der Waals surface area contributed by atoms with Gasteiger partial charge in [-0.15, -0.1) is 0 Å². The van der Waals surface area contributed by atoms with Crippen molar-refractivity contribution in [3.8, 4) is 11.1 Å². The molecule has 5 aromatic rings. The summed E-state index contributed by atoms with van der Waals surface area (Å²) >= 11 is 0. The molecule has 3 aromatic heterocycles. The third-order valence-electron chi connectivity index (χ3n) is 8.35. The molecule has 7 nitrogen and oxygen atoms in total. The second-order valence-corrected chi connectivity index (χ2v) is 11.5. The highest BCUT2D eigenvalue weighted by Gasteiger charge is 2.18. The van der Waals surface area contributed by atoms with E-state index in [0.717, 1.165) is 41.7 Å². The summed E-state index contributed by atoms with van der Waals surface area (Å²) in [5.41, 5.74) is 4.04. The molecule has 0 atom stereocenters. The summed E-state index contributed by atoms with van der Waals surface area (Å²) in [6, 6.07) is 12.8. The number of carbonyl (C=O) groups excluding carboxylic acids is 2. The molecule has 230 valence electrons. The lowest BCUT2D eigenvalue weighted by molar-refractivity contribution is 0.0949. The Hall–Kier alpha value is -4.99. The molecule has 10 heteroatoms. The fraction of sp³-hybridized carbons (Fsp3) is 0.257. The highest BCUT2D eigenvalue weighted by Crippen LogP contribution is 2.28. The van der Waals surface area contributed by atoms with Crippen LogP contribution in [0, 0.1) is 23.4 Å². The van der Waals surface area contributed by atoms with Crippen molar-refractivity contribution in [2.75, 3.05) is 5.32 Å². The van der Waals surface area contributed by atoms with E-state index in [1.807, 2.05) is 24.5 Å². The van der Waals surface area contributed by atoms with Crippen molar-refractivity contribution in [2.45, 2.75) is 51.5 Å². The van der Waals surface area contributed by atoms with Crippen molar-refractivity contribution in [3.63, 3.8) is 0 Å². The molecule has 2 aromatic carbocycles. The van der Waals surface area contributed by atoms with Crippen molar-refractivity contribution in [1.29, 1.82) is 0 Å². The maximum absolute atomic E-state index is 14.7. The molecule has 45 heavy (non-hydrogen) atoms. The number of rotatable bonds is 9. The number of carbonyl (C=O) groups is 2. The Morgan fingerprint density at radius 2 is 1.62 bits per heavy atom. The van der Waals surface area contributed by atoms with Crippen LogP contribution in [0.4, 0.5) is 18.9 Å². The van der Waals surface area contributed by atoms with E-state index in [2.05, 4.69) is 26.7 Å². The summed E-state index contributed by atoms with van der Waals surface area (Å²) in [6.45, 7) is -0.0697. The van der Waals surface area contributed by atoms with Crippen LogP contribution >= 0.6 is 0 Å². The summed E-state index contributed by atoms with van der Waals surface area (Å²) in [5.74, 6) is -3.14. The molecule has 2 amide bonds. The van der Waals surface area contributed by atoms with Gasteiger partial charge in [-0.1, -0.05) is 38.2 Å². The lowest BCUT2D eigenvalue weighted by Gasteiger charge is -2.21. The van der Waals surface area contributed by atoms with Crippen molar-refractivity contribution in [1.82, 2.24) is 19.7 Å². The van der Waals surface area contributed by atoms with E-state index in [-0.39, 0.29) is 23.5 Å². The van der Waals surface area contributed by atoms with E-state index in [1.54, 1.807) is 10.6 Å². The molecule has 0 unspecified atom stereocenters. The van der Waals surface area contributed by atoms with Gasteiger partial charge in [0.15, 0.2) is 11.6 Å². The molecule has 3 heterocycles. The number of halogens is 3. The minimum absolute atomic E-state index is 0.0697. The Morgan fingerprint density at radius 1 is 0.800 bits per heavy atom. The zero-order chi connectivity index (χ0) is 31.3. The molecule has 2 N–H and O–H groups in total. The molecular formula is C35H32F3N5O2. The van der Waals surface area contributed by atoms with Gasteiger partial charge in [-0.25, -0.2) is 18.2 Å². The first-order valence-electron chi connectivity index (χ1n) is 15.1. The average molecular weight is 612 g/mol. The third-order valence-corrected chi connectivity index (χ3v) is 8.35. The standard InChI is InChI=1S/C35H32F3N5O2/c36-28-10-8-24(15-30(28)38)19-41-34(44)26-9-11-29(37)31(16-26)42-35(45)32-21-40-33-17-25(12-13-43(32)33)27-14-23(18-39-20-27)7-6-22-4-2-1-3-5-22/h8-18,20-22H,1-7,19H2,(H,41,44)(H,42,45). The van der Waals surface area contributed by atoms with Gasteiger partial charge < -0.3 is 10.6 Å². The predicted octanol–water partition coefficient (Wildman–Crippen LogP) is 7.51.